The van der Waals surface area contributed by atoms with E-state index in [2.05, 4.69) is 5.32 Å². The van der Waals surface area contributed by atoms with E-state index in [0.29, 0.717) is 11.3 Å². The molecule has 160 valence electrons. The molecule has 2 rings (SSSR count). The number of aromatic hydroxyl groups is 1. The number of benzene rings is 2. The molecule has 0 aliphatic rings. The largest absolute Gasteiger partial charge is 0.504 e. The van der Waals surface area contributed by atoms with Crippen LogP contribution in [0.4, 0.5) is 0 Å². The highest BCUT2D eigenvalue weighted by Gasteiger charge is 2.19. The van der Waals surface area contributed by atoms with E-state index in [0.717, 1.165) is 0 Å². The van der Waals surface area contributed by atoms with Gasteiger partial charge in [0.25, 0.3) is 11.8 Å². The van der Waals surface area contributed by atoms with Crippen molar-refractivity contribution >= 4 is 17.9 Å². The number of carbonyl (C=O) groups is 2. The van der Waals surface area contributed by atoms with Crippen molar-refractivity contribution in [3.63, 3.8) is 0 Å². The average molecular weight is 417 g/mol. The van der Waals surface area contributed by atoms with E-state index in [-0.39, 0.29) is 34.3 Å². The van der Waals surface area contributed by atoms with Crippen LogP contribution in [0.25, 0.3) is 6.08 Å². The highest BCUT2D eigenvalue weighted by atomic mass is 16.5. The van der Waals surface area contributed by atoms with Gasteiger partial charge in [-0.05, 0) is 35.9 Å². The molecule has 0 saturated heterocycles. The molecule has 0 aromatic heterocycles. The first-order chi connectivity index (χ1) is 14.4. The van der Waals surface area contributed by atoms with Gasteiger partial charge in [-0.2, -0.15) is 0 Å². The maximum absolute atomic E-state index is 12.8. The molecule has 0 unspecified atom stereocenters. The van der Waals surface area contributed by atoms with Crippen molar-refractivity contribution in [2.75, 3.05) is 28.4 Å². The molecular formula is C20H23N3O7. The third kappa shape index (κ3) is 4.92. The highest BCUT2D eigenvalue weighted by Crippen LogP contribution is 2.38. The van der Waals surface area contributed by atoms with Crippen LogP contribution in [-0.2, 0) is 4.79 Å². The summed E-state index contributed by atoms with van der Waals surface area (Å²) in [4.78, 5) is 25.0. The summed E-state index contributed by atoms with van der Waals surface area (Å²) in [5, 5.41) is 12.2. The molecule has 0 heterocycles. The fourth-order valence-corrected chi connectivity index (χ4v) is 2.59. The lowest BCUT2D eigenvalue weighted by Gasteiger charge is -2.15. The molecule has 30 heavy (non-hydrogen) atoms. The minimum atomic E-state index is -0.733. The third-order valence-corrected chi connectivity index (χ3v) is 4.07. The Bertz CT molecular complexity index is 948. The van der Waals surface area contributed by atoms with Gasteiger partial charge in [-0.3, -0.25) is 15.0 Å². The summed E-state index contributed by atoms with van der Waals surface area (Å²) in [6.45, 7) is 0. The van der Waals surface area contributed by atoms with E-state index in [1.807, 2.05) is 5.43 Å². The van der Waals surface area contributed by atoms with Crippen LogP contribution in [0, 0.1) is 0 Å². The molecule has 0 aliphatic heterocycles. The number of hydrogen-bond donors (Lipinski definition) is 4. The summed E-state index contributed by atoms with van der Waals surface area (Å²) < 4.78 is 20.8. The fraction of sp³-hybridized carbons (Fsp3) is 0.200. The van der Waals surface area contributed by atoms with E-state index < -0.39 is 11.8 Å². The Morgan fingerprint density at radius 3 is 2.03 bits per heavy atom. The second-order valence-corrected chi connectivity index (χ2v) is 5.83. The lowest BCUT2D eigenvalue weighted by Crippen LogP contribution is -2.38. The zero-order valence-corrected chi connectivity index (χ0v) is 16.9. The number of hydrazine groups is 1. The Balaban J connectivity index is 2.42. The maximum Gasteiger partial charge on any atom is 0.281 e. The van der Waals surface area contributed by atoms with Gasteiger partial charge in [-0.15, -0.1) is 0 Å². The van der Waals surface area contributed by atoms with Gasteiger partial charge in [-0.1, -0.05) is 6.07 Å². The zero-order chi connectivity index (χ0) is 22.3. The quantitative estimate of drug-likeness (QED) is 0.217. The molecule has 2 aromatic rings. The van der Waals surface area contributed by atoms with Crippen LogP contribution < -0.4 is 35.5 Å². The molecule has 0 saturated carbocycles. The second kappa shape index (κ2) is 10.0. The number of ether oxygens (including phenoxy) is 4. The standard InChI is InChI=1S/C20H23N3O7/c1-27-15-8-11(5-6-14(15)24)7-13(20(26)23-21)22-19(25)12-9-16(28-2)18(30-4)17(10-12)29-3/h5-10,24H,21H2,1-4H3,(H,22,25)(H,23,26)/b13-7+. The van der Waals surface area contributed by atoms with E-state index in [1.54, 1.807) is 0 Å². The summed E-state index contributed by atoms with van der Waals surface area (Å²) in [5.74, 6) is 4.90. The summed E-state index contributed by atoms with van der Waals surface area (Å²) in [7, 11) is 5.68. The van der Waals surface area contributed by atoms with E-state index in [9.17, 15) is 14.7 Å². The predicted molar refractivity (Wildman–Crippen MR) is 109 cm³/mol. The molecule has 0 aliphatic carbocycles. The number of hydrogen-bond acceptors (Lipinski definition) is 8. The van der Waals surface area contributed by atoms with Crippen molar-refractivity contribution in [2.24, 2.45) is 5.84 Å². The Hall–Kier alpha value is -3.92. The van der Waals surface area contributed by atoms with Gasteiger partial charge in [0.05, 0.1) is 28.4 Å². The molecule has 0 radical (unpaired) electrons. The monoisotopic (exact) mass is 417 g/mol. The minimum Gasteiger partial charge on any atom is -0.504 e. The number of phenols is 1. The Kier molecular flexibility index (Phi) is 7.48. The maximum atomic E-state index is 12.8. The van der Waals surface area contributed by atoms with Crippen molar-refractivity contribution in [3.8, 4) is 28.7 Å². The number of methoxy groups -OCH3 is 4. The molecule has 0 fully saturated rings. The lowest BCUT2D eigenvalue weighted by molar-refractivity contribution is -0.117. The summed E-state index contributed by atoms with van der Waals surface area (Å²) in [5.41, 5.74) is 2.47. The predicted octanol–water partition coefficient (Wildman–Crippen LogP) is 1.19. The molecular weight excluding hydrogens is 394 g/mol. The molecule has 2 amide bonds. The SMILES string of the molecule is COc1cc(/C=C(/NC(=O)c2cc(OC)c(OC)c(OC)c2)C(=O)NN)ccc1O. The molecule has 2 aromatic carbocycles. The van der Waals surface area contributed by atoms with Crippen LogP contribution in [0.5, 0.6) is 28.7 Å². The molecule has 0 atom stereocenters. The first-order valence-corrected chi connectivity index (χ1v) is 8.59. The Morgan fingerprint density at radius 1 is 0.933 bits per heavy atom. The van der Waals surface area contributed by atoms with Crippen molar-refractivity contribution in [2.45, 2.75) is 0 Å². The average Bonchev–Trinajstić information content (AvgIpc) is 2.77. The summed E-state index contributed by atoms with van der Waals surface area (Å²) in [6.07, 6.45) is 1.38. The van der Waals surface area contributed by atoms with Crippen LogP contribution in [0.1, 0.15) is 15.9 Å². The van der Waals surface area contributed by atoms with Crippen molar-refractivity contribution in [1.82, 2.24) is 10.7 Å². The minimum absolute atomic E-state index is 0.0686. The Morgan fingerprint density at radius 2 is 1.53 bits per heavy atom. The Labute approximate surface area is 173 Å². The van der Waals surface area contributed by atoms with E-state index in [4.69, 9.17) is 24.8 Å². The number of nitrogens with two attached hydrogens (primary N) is 1. The van der Waals surface area contributed by atoms with Crippen molar-refractivity contribution in [1.29, 1.82) is 0 Å². The van der Waals surface area contributed by atoms with Gasteiger partial charge >= 0.3 is 0 Å². The normalized spacial score (nSPS) is 10.8. The van der Waals surface area contributed by atoms with Gasteiger partial charge in [0, 0.05) is 5.56 Å². The van der Waals surface area contributed by atoms with Crippen molar-refractivity contribution < 1.29 is 33.6 Å². The number of nitrogens with one attached hydrogen (secondary N) is 2. The molecule has 0 spiro atoms. The second-order valence-electron chi connectivity index (χ2n) is 5.83. The molecule has 0 bridgehead atoms. The number of amides is 2. The van der Waals surface area contributed by atoms with E-state index >= 15 is 0 Å². The smallest absolute Gasteiger partial charge is 0.281 e. The third-order valence-electron chi connectivity index (χ3n) is 4.07. The van der Waals surface area contributed by atoms with Crippen LogP contribution in [0.2, 0.25) is 0 Å². The molecule has 5 N–H and O–H groups in total. The number of carbonyl (C=O) groups excluding carboxylic acids is 2. The fourth-order valence-electron chi connectivity index (χ4n) is 2.59. The topological polar surface area (TPSA) is 141 Å². The summed E-state index contributed by atoms with van der Waals surface area (Å²) >= 11 is 0. The van der Waals surface area contributed by atoms with Gasteiger partial charge < -0.3 is 29.4 Å². The van der Waals surface area contributed by atoms with Crippen LogP contribution in [-0.4, -0.2) is 45.4 Å². The van der Waals surface area contributed by atoms with Gasteiger partial charge in [-0.25, -0.2) is 5.84 Å². The van der Waals surface area contributed by atoms with Gasteiger partial charge in [0.1, 0.15) is 5.70 Å². The van der Waals surface area contributed by atoms with Crippen molar-refractivity contribution in [3.05, 3.63) is 47.2 Å². The number of phenolic OH excluding ortho intramolecular Hbond substituents is 1. The van der Waals surface area contributed by atoms with E-state index in [1.165, 1.54) is 64.8 Å². The molecule has 10 heteroatoms. The van der Waals surface area contributed by atoms with Crippen LogP contribution >= 0.6 is 0 Å². The summed E-state index contributed by atoms with van der Waals surface area (Å²) in [6, 6.07) is 7.30. The van der Waals surface area contributed by atoms with Crippen LogP contribution in [0.3, 0.4) is 0 Å². The highest BCUT2D eigenvalue weighted by molar-refractivity contribution is 6.05. The first-order valence-electron chi connectivity index (χ1n) is 8.59. The van der Waals surface area contributed by atoms with Crippen LogP contribution in [0.15, 0.2) is 36.0 Å². The van der Waals surface area contributed by atoms with Gasteiger partial charge in [0.2, 0.25) is 5.75 Å². The molecule has 10 nitrogen and oxygen atoms in total. The lowest BCUT2D eigenvalue weighted by atomic mass is 10.1. The zero-order valence-electron chi connectivity index (χ0n) is 16.9. The van der Waals surface area contributed by atoms with Gasteiger partial charge in [0.15, 0.2) is 23.0 Å². The first kappa shape index (κ1) is 22.4. The number of rotatable bonds is 8.